The zero-order chi connectivity index (χ0) is 12.5. The number of fused-ring (bicyclic) bond motifs is 1. The first-order valence-corrected chi connectivity index (χ1v) is 7.71. The van der Waals surface area contributed by atoms with Crippen molar-refractivity contribution >= 4 is 45.2 Å². The van der Waals surface area contributed by atoms with Gasteiger partial charge in [-0.3, -0.25) is 0 Å². The van der Waals surface area contributed by atoms with Gasteiger partial charge in [-0.15, -0.1) is 11.6 Å². The maximum absolute atomic E-state index is 6.00. The Morgan fingerprint density at radius 1 is 1.50 bits per heavy atom. The van der Waals surface area contributed by atoms with Crippen molar-refractivity contribution in [2.45, 2.75) is 31.4 Å². The van der Waals surface area contributed by atoms with Gasteiger partial charge in [0.2, 0.25) is 0 Å². The Bertz CT molecular complexity index is 563. The summed E-state index contributed by atoms with van der Waals surface area (Å²) in [7, 11) is 0. The molecule has 96 valence electrons. The number of nitrogens with zero attached hydrogens (tertiary/aromatic N) is 2. The maximum Gasteiger partial charge on any atom is 0.124 e. The summed E-state index contributed by atoms with van der Waals surface area (Å²) in [4.78, 5) is 4.60. The van der Waals surface area contributed by atoms with Crippen LogP contribution in [0.25, 0.3) is 11.0 Å². The molecular formula is C13H14ClIN2O. The highest BCUT2D eigenvalue weighted by Gasteiger charge is 2.19. The summed E-state index contributed by atoms with van der Waals surface area (Å²) in [5.41, 5.74) is 2.18. The molecule has 0 spiro atoms. The van der Waals surface area contributed by atoms with E-state index >= 15 is 0 Å². The lowest BCUT2D eigenvalue weighted by Gasteiger charge is -2.13. The van der Waals surface area contributed by atoms with E-state index in [1.54, 1.807) is 0 Å². The van der Waals surface area contributed by atoms with E-state index < -0.39 is 0 Å². The zero-order valence-electron chi connectivity index (χ0n) is 9.90. The first-order chi connectivity index (χ1) is 8.78. The molecule has 1 saturated heterocycles. The van der Waals surface area contributed by atoms with Crippen molar-refractivity contribution in [3.8, 4) is 0 Å². The van der Waals surface area contributed by atoms with E-state index in [-0.39, 0.29) is 0 Å². The van der Waals surface area contributed by atoms with Crippen LogP contribution in [0.4, 0.5) is 0 Å². The first kappa shape index (κ1) is 12.7. The molecule has 2 heterocycles. The van der Waals surface area contributed by atoms with Crippen molar-refractivity contribution in [3.63, 3.8) is 0 Å². The largest absolute Gasteiger partial charge is 0.376 e. The molecule has 5 heteroatoms. The van der Waals surface area contributed by atoms with Gasteiger partial charge in [0.25, 0.3) is 0 Å². The third kappa shape index (κ3) is 2.38. The molecule has 0 amide bonds. The van der Waals surface area contributed by atoms with Crippen molar-refractivity contribution in [1.82, 2.24) is 9.55 Å². The number of benzene rings is 1. The van der Waals surface area contributed by atoms with Crippen LogP contribution in [0.15, 0.2) is 18.2 Å². The molecule has 3 nitrogen and oxygen atoms in total. The number of aromatic nitrogens is 2. The number of halogens is 2. The minimum atomic E-state index is 0.309. The summed E-state index contributed by atoms with van der Waals surface area (Å²) < 4.78 is 9.11. The summed E-state index contributed by atoms with van der Waals surface area (Å²) >= 11 is 8.31. The minimum absolute atomic E-state index is 0.309. The summed E-state index contributed by atoms with van der Waals surface area (Å²) in [6.07, 6.45) is 2.60. The zero-order valence-corrected chi connectivity index (χ0v) is 12.8. The number of hydrogen-bond donors (Lipinski definition) is 0. The third-order valence-corrected chi connectivity index (χ3v) is 4.23. The van der Waals surface area contributed by atoms with E-state index in [1.807, 2.05) is 0 Å². The fourth-order valence-corrected chi connectivity index (χ4v) is 3.13. The lowest BCUT2D eigenvalue weighted by molar-refractivity contribution is 0.0974. The number of alkyl halides is 1. The van der Waals surface area contributed by atoms with Crippen LogP contribution in [-0.4, -0.2) is 22.3 Å². The fraction of sp³-hybridized carbons (Fsp3) is 0.462. The van der Waals surface area contributed by atoms with Gasteiger partial charge in [-0.05, 0) is 53.6 Å². The minimum Gasteiger partial charge on any atom is -0.376 e. The first-order valence-electron chi connectivity index (χ1n) is 6.10. The van der Waals surface area contributed by atoms with E-state index in [0.29, 0.717) is 12.0 Å². The van der Waals surface area contributed by atoms with E-state index in [1.165, 1.54) is 3.57 Å². The highest BCUT2D eigenvalue weighted by Crippen LogP contribution is 2.23. The summed E-state index contributed by atoms with van der Waals surface area (Å²) in [5, 5.41) is 0. The Labute approximate surface area is 125 Å². The molecule has 0 radical (unpaired) electrons. The smallest absolute Gasteiger partial charge is 0.124 e. The molecule has 2 aromatic rings. The van der Waals surface area contributed by atoms with Gasteiger partial charge in [0.15, 0.2) is 0 Å². The second-order valence-electron chi connectivity index (χ2n) is 4.54. The van der Waals surface area contributed by atoms with Gasteiger partial charge in [0.05, 0.1) is 29.6 Å². The lowest BCUT2D eigenvalue weighted by atomic mass is 10.2. The van der Waals surface area contributed by atoms with Crippen molar-refractivity contribution in [2.75, 3.05) is 6.61 Å². The van der Waals surface area contributed by atoms with E-state index in [0.717, 1.165) is 42.9 Å². The Morgan fingerprint density at radius 2 is 2.39 bits per heavy atom. The Hall–Kier alpha value is -0.330. The van der Waals surface area contributed by atoms with Gasteiger partial charge in [-0.25, -0.2) is 4.98 Å². The van der Waals surface area contributed by atoms with Gasteiger partial charge in [0.1, 0.15) is 5.82 Å². The van der Waals surface area contributed by atoms with E-state index in [9.17, 15) is 0 Å². The summed E-state index contributed by atoms with van der Waals surface area (Å²) in [6, 6.07) is 6.32. The highest BCUT2D eigenvalue weighted by molar-refractivity contribution is 14.1. The number of imidazole rings is 1. The van der Waals surface area contributed by atoms with Crippen LogP contribution in [0.3, 0.4) is 0 Å². The molecule has 1 unspecified atom stereocenters. The quantitative estimate of drug-likeness (QED) is 0.605. The summed E-state index contributed by atoms with van der Waals surface area (Å²) in [5.74, 6) is 1.38. The van der Waals surface area contributed by atoms with E-state index in [4.69, 9.17) is 16.3 Å². The van der Waals surface area contributed by atoms with Crippen LogP contribution >= 0.6 is 34.2 Å². The molecule has 1 atom stereocenters. The fourth-order valence-electron chi connectivity index (χ4n) is 2.45. The molecule has 1 aliphatic heterocycles. The van der Waals surface area contributed by atoms with Crippen molar-refractivity contribution in [1.29, 1.82) is 0 Å². The Balaban J connectivity index is 2.01. The molecule has 0 N–H and O–H groups in total. The molecule has 1 aromatic carbocycles. The Kier molecular flexibility index (Phi) is 3.77. The predicted octanol–water partition coefficient (Wildman–Crippen LogP) is 3.56. The molecule has 1 fully saturated rings. The van der Waals surface area contributed by atoms with Crippen molar-refractivity contribution in [3.05, 3.63) is 27.6 Å². The molecule has 0 saturated carbocycles. The van der Waals surface area contributed by atoms with Gasteiger partial charge in [-0.1, -0.05) is 0 Å². The van der Waals surface area contributed by atoms with Gasteiger partial charge >= 0.3 is 0 Å². The van der Waals surface area contributed by atoms with Gasteiger partial charge in [-0.2, -0.15) is 0 Å². The van der Waals surface area contributed by atoms with Crippen LogP contribution < -0.4 is 0 Å². The average molecular weight is 377 g/mol. The highest BCUT2D eigenvalue weighted by atomic mass is 127. The van der Waals surface area contributed by atoms with Crippen LogP contribution in [0, 0.1) is 3.57 Å². The molecule has 3 rings (SSSR count). The van der Waals surface area contributed by atoms with Crippen LogP contribution in [-0.2, 0) is 17.2 Å². The monoisotopic (exact) mass is 376 g/mol. The average Bonchev–Trinajstić information content (AvgIpc) is 2.97. The number of ether oxygens (including phenoxy) is 1. The van der Waals surface area contributed by atoms with Crippen LogP contribution in [0.1, 0.15) is 18.7 Å². The molecule has 0 bridgehead atoms. The van der Waals surface area contributed by atoms with Crippen molar-refractivity contribution < 1.29 is 4.74 Å². The Morgan fingerprint density at radius 3 is 3.11 bits per heavy atom. The standard InChI is InChI=1S/C13H14ClIN2O/c14-7-13-16-11-6-9(15)3-4-12(11)17(13)8-10-2-1-5-18-10/h3-4,6,10H,1-2,5,7-8H2. The van der Waals surface area contributed by atoms with Crippen LogP contribution in [0.2, 0.25) is 0 Å². The summed E-state index contributed by atoms with van der Waals surface area (Å²) in [6.45, 7) is 1.74. The lowest BCUT2D eigenvalue weighted by Crippen LogP contribution is -2.16. The molecule has 18 heavy (non-hydrogen) atoms. The second-order valence-corrected chi connectivity index (χ2v) is 6.05. The molecule has 1 aromatic heterocycles. The molecule has 1 aliphatic rings. The molecular weight excluding hydrogens is 363 g/mol. The second kappa shape index (κ2) is 5.35. The van der Waals surface area contributed by atoms with Crippen LogP contribution in [0.5, 0.6) is 0 Å². The topological polar surface area (TPSA) is 27.1 Å². The normalized spacial score (nSPS) is 19.8. The number of hydrogen-bond acceptors (Lipinski definition) is 2. The SMILES string of the molecule is ClCc1nc2cc(I)ccc2n1CC1CCCO1. The number of rotatable bonds is 3. The predicted molar refractivity (Wildman–Crippen MR) is 81.0 cm³/mol. The van der Waals surface area contributed by atoms with Gasteiger partial charge < -0.3 is 9.30 Å². The maximum atomic E-state index is 6.00. The van der Waals surface area contributed by atoms with E-state index in [2.05, 4.69) is 50.3 Å². The third-order valence-electron chi connectivity index (χ3n) is 3.32. The molecule has 0 aliphatic carbocycles. The van der Waals surface area contributed by atoms with Gasteiger partial charge in [0, 0.05) is 10.2 Å². The van der Waals surface area contributed by atoms with Crippen molar-refractivity contribution in [2.24, 2.45) is 0 Å².